The third kappa shape index (κ3) is 2.38. The monoisotopic (exact) mass is 227 g/mol. The lowest BCUT2D eigenvalue weighted by molar-refractivity contribution is 0.136. The SMILES string of the molecule is CC(O)C1CCN(c2cc(Cl)ncn2)C1. The van der Waals surface area contributed by atoms with Crippen molar-refractivity contribution < 1.29 is 5.11 Å². The number of rotatable bonds is 2. The van der Waals surface area contributed by atoms with Crippen LogP contribution in [0.15, 0.2) is 12.4 Å². The van der Waals surface area contributed by atoms with Crippen molar-refractivity contribution in [1.29, 1.82) is 0 Å². The molecule has 82 valence electrons. The zero-order chi connectivity index (χ0) is 10.8. The Bertz CT molecular complexity index is 345. The molecule has 0 spiro atoms. The van der Waals surface area contributed by atoms with Crippen LogP contribution in [0.25, 0.3) is 0 Å². The van der Waals surface area contributed by atoms with Gasteiger partial charge in [-0.2, -0.15) is 0 Å². The van der Waals surface area contributed by atoms with Crippen molar-refractivity contribution in [2.24, 2.45) is 5.92 Å². The number of hydrogen-bond donors (Lipinski definition) is 1. The molecular weight excluding hydrogens is 214 g/mol. The summed E-state index contributed by atoms with van der Waals surface area (Å²) >= 11 is 5.80. The van der Waals surface area contributed by atoms with Gasteiger partial charge in [0.1, 0.15) is 17.3 Å². The molecule has 1 N–H and O–H groups in total. The van der Waals surface area contributed by atoms with E-state index in [1.54, 1.807) is 6.07 Å². The van der Waals surface area contributed by atoms with E-state index in [1.165, 1.54) is 6.33 Å². The summed E-state index contributed by atoms with van der Waals surface area (Å²) < 4.78 is 0. The molecule has 1 aromatic heterocycles. The third-order valence-electron chi connectivity index (χ3n) is 2.85. The van der Waals surface area contributed by atoms with Gasteiger partial charge < -0.3 is 10.0 Å². The van der Waals surface area contributed by atoms with Crippen LogP contribution in [0.4, 0.5) is 5.82 Å². The molecule has 0 aliphatic carbocycles. The first-order chi connectivity index (χ1) is 7.16. The molecule has 1 fully saturated rings. The minimum atomic E-state index is -0.257. The van der Waals surface area contributed by atoms with Gasteiger partial charge in [0.05, 0.1) is 6.10 Å². The van der Waals surface area contributed by atoms with E-state index in [0.29, 0.717) is 11.1 Å². The van der Waals surface area contributed by atoms with Crippen molar-refractivity contribution in [3.8, 4) is 0 Å². The fraction of sp³-hybridized carbons (Fsp3) is 0.600. The van der Waals surface area contributed by atoms with Crippen molar-refractivity contribution in [3.63, 3.8) is 0 Å². The fourth-order valence-corrected chi connectivity index (χ4v) is 2.03. The quantitative estimate of drug-likeness (QED) is 0.775. The molecule has 0 saturated carbocycles. The van der Waals surface area contributed by atoms with E-state index in [0.717, 1.165) is 25.3 Å². The molecule has 15 heavy (non-hydrogen) atoms. The fourth-order valence-electron chi connectivity index (χ4n) is 1.89. The first-order valence-corrected chi connectivity index (χ1v) is 5.45. The van der Waals surface area contributed by atoms with Crippen LogP contribution in [-0.4, -0.2) is 34.3 Å². The molecule has 1 aliphatic heterocycles. The Morgan fingerprint density at radius 1 is 1.60 bits per heavy atom. The molecule has 0 amide bonds. The summed E-state index contributed by atoms with van der Waals surface area (Å²) in [6.07, 6.45) is 2.21. The van der Waals surface area contributed by atoms with E-state index < -0.39 is 0 Å². The molecule has 5 heteroatoms. The minimum Gasteiger partial charge on any atom is -0.393 e. The number of aromatic nitrogens is 2. The van der Waals surface area contributed by atoms with E-state index in [4.69, 9.17) is 11.6 Å². The molecule has 2 rings (SSSR count). The van der Waals surface area contributed by atoms with Gasteiger partial charge in [0.2, 0.25) is 0 Å². The van der Waals surface area contributed by atoms with Gasteiger partial charge in [-0.05, 0) is 13.3 Å². The second-order valence-electron chi connectivity index (χ2n) is 3.93. The first kappa shape index (κ1) is 10.6. The maximum absolute atomic E-state index is 9.49. The summed E-state index contributed by atoms with van der Waals surface area (Å²) in [5, 5.41) is 9.94. The van der Waals surface area contributed by atoms with E-state index in [1.807, 2.05) is 6.92 Å². The topological polar surface area (TPSA) is 49.2 Å². The zero-order valence-corrected chi connectivity index (χ0v) is 9.35. The smallest absolute Gasteiger partial charge is 0.134 e. The Morgan fingerprint density at radius 2 is 2.40 bits per heavy atom. The standard InChI is InChI=1S/C10H14ClN3O/c1-7(15)8-2-3-14(5-8)10-4-9(11)12-6-13-10/h4,6-8,15H,2-3,5H2,1H3. The van der Waals surface area contributed by atoms with Crippen molar-refractivity contribution in [3.05, 3.63) is 17.5 Å². The second kappa shape index (κ2) is 4.33. The molecule has 2 atom stereocenters. The Hall–Kier alpha value is -0.870. The highest BCUT2D eigenvalue weighted by atomic mass is 35.5. The lowest BCUT2D eigenvalue weighted by Gasteiger charge is -2.18. The van der Waals surface area contributed by atoms with Crippen molar-refractivity contribution >= 4 is 17.4 Å². The van der Waals surface area contributed by atoms with E-state index in [2.05, 4.69) is 14.9 Å². The molecule has 4 nitrogen and oxygen atoms in total. The normalized spacial score (nSPS) is 23.1. The number of aliphatic hydroxyl groups is 1. The molecule has 1 aromatic rings. The lowest BCUT2D eigenvalue weighted by Crippen LogP contribution is -2.24. The van der Waals surface area contributed by atoms with Crippen LogP contribution in [0.2, 0.25) is 5.15 Å². The Morgan fingerprint density at radius 3 is 3.00 bits per heavy atom. The highest BCUT2D eigenvalue weighted by molar-refractivity contribution is 6.29. The van der Waals surface area contributed by atoms with Crippen LogP contribution in [0.1, 0.15) is 13.3 Å². The van der Waals surface area contributed by atoms with Crippen LogP contribution in [0.3, 0.4) is 0 Å². The highest BCUT2D eigenvalue weighted by Gasteiger charge is 2.26. The van der Waals surface area contributed by atoms with Crippen molar-refractivity contribution in [2.45, 2.75) is 19.4 Å². The van der Waals surface area contributed by atoms with Crippen LogP contribution < -0.4 is 4.90 Å². The number of aliphatic hydroxyl groups excluding tert-OH is 1. The Balaban J connectivity index is 2.08. The van der Waals surface area contributed by atoms with Crippen LogP contribution in [-0.2, 0) is 0 Å². The minimum absolute atomic E-state index is 0.257. The number of nitrogens with zero attached hydrogens (tertiary/aromatic N) is 3. The Labute approximate surface area is 93.9 Å². The number of halogens is 1. The largest absolute Gasteiger partial charge is 0.393 e. The second-order valence-corrected chi connectivity index (χ2v) is 4.32. The van der Waals surface area contributed by atoms with E-state index >= 15 is 0 Å². The van der Waals surface area contributed by atoms with Gasteiger partial charge in [-0.25, -0.2) is 9.97 Å². The van der Waals surface area contributed by atoms with Gasteiger partial charge in [0, 0.05) is 25.1 Å². The summed E-state index contributed by atoms with van der Waals surface area (Å²) in [6.45, 7) is 3.59. The number of hydrogen-bond acceptors (Lipinski definition) is 4. The molecule has 2 unspecified atom stereocenters. The molecule has 2 heterocycles. The molecule has 1 saturated heterocycles. The lowest BCUT2D eigenvalue weighted by atomic mass is 10.0. The van der Waals surface area contributed by atoms with Gasteiger partial charge in [0.15, 0.2) is 0 Å². The Kier molecular flexibility index (Phi) is 3.07. The first-order valence-electron chi connectivity index (χ1n) is 5.07. The maximum atomic E-state index is 9.49. The van der Waals surface area contributed by atoms with Crippen molar-refractivity contribution in [1.82, 2.24) is 9.97 Å². The average molecular weight is 228 g/mol. The van der Waals surface area contributed by atoms with Gasteiger partial charge in [-0.1, -0.05) is 11.6 Å². The molecule has 0 bridgehead atoms. The van der Waals surface area contributed by atoms with Gasteiger partial charge in [-0.15, -0.1) is 0 Å². The summed E-state index contributed by atoms with van der Waals surface area (Å²) in [7, 11) is 0. The van der Waals surface area contributed by atoms with Gasteiger partial charge >= 0.3 is 0 Å². The summed E-state index contributed by atoms with van der Waals surface area (Å²) in [4.78, 5) is 10.1. The summed E-state index contributed by atoms with van der Waals surface area (Å²) in [6, 6.07) is 1.76. The van der Waals surface area contributed by atoms with E-state index in [-0.39, 0.29) is 6.10 Å². The van der Waals surface area contributed by atoms with Crippen molar-refractivity contribution in [2.75, 3.05) is 18.0 Å². The van der Waals surface area contributed by atoms with E-state index in [9.17, 15) is 5.11 Å². The van der Waals surface area contributed by atoms with Gasteiger partial charge in [0.25, 0.3) is 0 Å². The molecule has 1 aliphatic rings. The zero-order valence-electron chi connectivity index (χ0n) is 8.60. The highest BCUT2D eigenvalue weighted by Crippen LogP contribution is 2.24. The van der Waals surface area contributed by atoms with Crippen LogP contribution in [0, 0.1) is 5.92 Å². The number of anilines is 1. The predicted molar refractivity (Wildman–Crippen MR) is 59.0 cm³/mol. The summed E-state index contributed by atoms with van der Waals surface area (Å²) in [5.41, 5.74) is 0. The van der Waals surface area contributed by atoms with Crippen LogP contribution >= 0.6 is 11.6 Å². The maximum Gasteiger partial charge on any atom is 0.134 e. The molecule has 0 aromatic carbocycles. The van der Waals surface area contributed by atoms with Crippen LogP contribution in [0.5, 0.6) is 0 Å². The predicted octanol–water partition coefficient (Wildman–Crippen LogP) is 1.34. The average Bonchev–Trinajstić information content (AvgIpc) is 2.66. The van der Waals surface area contributed by atoms with Gasteiger partial charge in [-0.3, -0.25) is 0 Å². The third-order valence-corrected chi connectivity index (χ3v) is 3.06. The molecular formula is C10H14ClN3O. The summed E-state index contributed by atoms with van der Waals surface area (Å²) in [5.74, 6) is 1.18. The molecule has 0 radical (unpaired) electrons.